The van der Waals surface area contributed by atoms with E-state index in [4.69, 9.17) is 0 Å². The van der Waals surface area contributed by atoms with Gasteiger partial charge in [0.1, 0.15) is 0 Å². The van der Waals surface area contributed by atoms with E-state index in [2.05, 4.69) is 0 Å². The van der Waals surface area contributed by atoms with Crippen molar-refractivity contribution in [2.24, 2.45) is 0 Å². The maximum atomic E-state index is 12.5. The van der Waals surface area contributed by atoms with Crippen LogP contribution >= 0.6 is 0 Å². The molecule has 1 aromatic rings. The molecule has 0 spiro atoms. The molecule has 0 bridgehead atoms. The van der Waals surface area contributed by atoms with Gasteiger partial charge < -0.3 is 0 Å². The van der Waals surface area contributed by atoms with E-state index in [-0.39, 0.29) is 13.1 Å². The molecule has 15 heavy (non-hydrogen) atoms. The summed E-state index contributed by atoms with van der Waals surface area (Å²) in [6.07, 6.45) is -4.25. The molecule has 0 aromatic heterocycles. The molecule has 0 saturated heterocycles. The molecular formula is C11H14F3N. The number of rotatable bonds is 3. The molecule has 0 aliphatic rings. The van der Waals surface area contributed by atoms with Crippen molar-refractivity contribution in [2.45, 2.75) is 26.7 Å². The van der Waals surface area contributed by atoms with Gasteiger partial charge in [0.2, 0.25) is 0 Å². The first-order chi connectivity index (χ1) is 6.95. The minimum atomic E-state index is -4.25. The predicted octanol–water partition coefficient (Wildman–Crippen LogP) is 3.34. The van der Waals surface area contributed by atoms with Gasteiger partial charge in [0.15, 0.2) is 0 Å². The lowest BCUT2D eigenvalue weighted by Crippen LogP contribution is -2.37. The van der Waals surface area contributed by atoms with E-state index in [0.29, 0.717) is 4.90 Å². The van der Waals surface area contributed by atoms with Gasteiger partial charge in [-0.05, 0) is 18.1 Å². The second-order valence-electron chi connectivity index (χ2n) is 3.41. The van der Waals surface area contributed by atoms with Crippen LogP contribution in [0.2, 0.25) is 0 Å². The summed E-state index contributed by atoms with van der Waals surface area (Å²) in [5, 5.41) is 0. The Morgan fingerprint density at radius 1 is 1.20 bits per heavy atom. The quantitative estimate of drug-likeness (QED) is 0.702. The van der Waals surface area contributed by atoms with Gasteiger partial charge in [0.05, 0.1) is 0 Å². The van der Waals surface area contributed by atoms with Crippen LogP contribution in [0.4, 0.5) is 13.2 Å². The molecule has 0 unspecified atom stereocenters. The zero-order chi connectivity index (χ0) is 11.5. The lowest BCUT2D eigenvalue weighted by molar-refractivity contribution is -0.247. The summed E-state index contributed by atoms with van der Waals surface area (Å²) in [6.45, 7) is 3.22. The molecule has 0 amide bonds. The van der Waals surface area contributed by atoms with Crippen LogP contribution in [0.15, 0.2) is 24.3 Å². The van der Waals surface area contributed by atoms with Gasteiger partial charge in [0.25, 0.3) is 0 Å². The molecule has 1 nitrogen and oxygen atoms in total. The Morgan fingerprint density at radius 2 is 1.80 bits per heavy atom. The Balaban J connectivity index is 2.80. The maximum absolute atomic E-state index is 12.5. The van der Waals surface area contributed by atoms with E-state index in [9.17, 15) is 13.2 Å². The smallest absolute Gasteiger partial charge is 0.210 e. The number of benzene rings is 1. The molecule has 1 rings (SSSR count). The Labute approximate surface area is 87.5 Å². The normalized spacial score (nSPS) is 12.1. The average molecular weight is 217 g/mol. The molecule has 0 heterocycles. The van der Waals surface area contributed by atoms with Gasteiger partial charge >= 0.3 is 6.30 Å². The van der Waals surface area contributed by atoms with E-state index in [1.807, 2.05) is 19.1 Å². The Kier molecular flexibility index (Phi) is 3.74. The Bertz CT molecular complexity index is 320. The zero-order valence-electron chi connectivity index (χ0n) is 8.80. The van der Waals surface area contributed by atoms with E-state index in [1.165, 1.54) is 6.92 Å². The summed E-state index contributed by atoms with van der Waals surface area (Å²) < 4.78 is 37.4. The number of alkyl halides is 3. The Morgan fingerprint density at radius 3 is 2.27 bits per heavy atom. The summed E-state index contributed by atoms with van der Waals surface area (Å²) in [6, 6.07) is 7.12. The first kappa shape index (κ1) is 12.0. The van der Waals surface area contributed by atoms with Gasteiger partial charge in [-0.25, -0.2) is 4.90 Å². The van der Waals surface area contributed by atoms with Crippen molar-refractivity contribution < 1.29 is 13.2 Å². The summed E-state index contributed by atoms with van der Waals surface area (Å²) in [5.41, 5.74) is 1.61. The van der Waals surface area contributed by atoms with Crippen LogP contribution in [0.3, 0.4) is 0 Å². The third-order valence-corrected chi connectivity index (χ3v) is 2.36. The van der Waals surface area contributed by atoms with E-state index in [1.54, 1.807) is 12.1 Å². The van der Waals surface area contributed by atoms with Crippen LogP contribution in [0.25, 0.3) is 0 Å². The lowest BCUT2D eigenvalue weighted by atomic mass is 10.1. The number of hydrogen-bond acceptors (Lipinski definition) is 1. The second kappa shape index (κ2) is 4.66. The highest BCUT2D eigenvalue weighted by Crippen LogP contribution is 2.23. The van der Waals surface area contributed by atoms with Crippen molar-refractivity contribution in [3.8, 4) is 0 Å². The third kappa shape index (κ3) is 3.23. The average Bonchev–Trinajstić information content (AvgIpc) is 2.14. The van der Waals surface area contributed by atoms with Crippen LogP contribution in [0.5, 0.6) is 0 Å². The molecule has 84 valence electrons. The van der Waals surface area contributed by atoms with Gasteiger partial charge in [-0.1, -0.05) is 31.2 Å². The number of hydrogen-bond donors (Lipinski definition) is 0. The Hall–Kier alpha value is -1.03. The molecule has 1 aromatic carbocycles. The van der Waals surface area contributed by atoms with Crippen molar-refractivity contribution in [3.05, 3.63) is 35.4 Å². The van der Waals surface area contributed by atoms with Crippen LogP contribution in [0.1, 0.15) is 18.1 Å². The third-order valence-electron chi connectivity index (χ3n) is 2.36. The fourth-order valence-corrected chi connectivity index (χ4v) is 1.37. The van der Waals surface area contributed by atoms with Crippen LogP contribution in [-0.2, 0) is 6.54 Å². The van der Waals surface area contributed by atoms with Gasteiger partial charge in [-0.3, -0.25) is 0 Å². The van der Waals surface area contributed by atoms with Crippen molar-refractivity contribution in [3.63, 3.8) is 0 Å². The SMILES string of the molecule is CCN(Cc1ccccc1C)C(F)(F)F. The summed E-state index contributed by atoms with van der Waals surface area (Å²) in [4.78, 5) is 0.495. The highest BCUT2D eigenvalue weighted by molar-refractivity contribution is 5.25. The molecule has 0 N–H and O–H groups in total. The molecule has 0 saturated carbocycles. The van der Waals surface area contributed by atoms with E-state index < -0.39 is 6.30 Å². The van der Waals surface area contributed by atoms with Gasteiger partial charge in [-0.15, -0.1) is 0 Å². The minimum absolute atomic E-state index is 0.0299. The topological polar surface area (TPSA) is 3.24 Å². The highest BCUT2D eigenvalue weighted by atomic mass is 19.4. The molecule has 0 atom stereocenters. The summed E-state index contributed by atoms with van der Waals surface area (Å²) >= 11 is 0. The largest absolute Gasteiger partial charge is 0.460 e. The van der Waals surface area contributed by atoms with Crippen LogP contribution in [-0.4, -0.2) is 17.7 Å². The van der Waals surface area contributed by atoms with Crippen LogP contribution in [0, 0.1) is 6.92 Å². The van der Waals surface area contributed by atoms with E-state index >= 15 is 0 Å². The van der Waals surface area contributed by atoms with Crippen LogP contribution < -0.4 is 0 Å². The highest BCUT2D eigenvalue weighted by Gasteiger charge is 2.35. The van der Waals surface area contributed by atoms with Crippen molar-refractivity contribution in [1.29, 1.82) is 0 Å². The number of halogens is 3. The molecule has 0 fully saturated rings. The fraction of sp³-hybridized carbons (Fsp3) is 0.455. The number of aryl methyl sites for hydroxylation is 1. The summed E-state index contributed by atoms with van der Waals surface area (Å²) in [5.74, 6) is 0. The first-order valence-electron chi connectivity index (χ1n) is 4.81. The molecular weight excluding hydrogens is 203 g/mol. The second-order valence-corrected chi connectivity index (χ2v) is 3.41. The molecule has 4 heteroatoms. The van der Waals surface area contributed by atoms with Crippen molar-refractivity contribution in [1.82, 2.24) is 4.90 Å². The summed E-state index contributed by atoms with van der Waals surface area (Å²) in [7, 11) is 0. The van der Waals surface area contributed by atoms with Crippen molar-refractivity contribution >= 4 is 0 Å². The van der Waals surface area contributed by atoms with Gasteiger partial charge in [-0.2, -0.15) is 13.2 Å². The molecule has 0 aliphatic heterocycles. The monoisotopic (exact) mass is 217 g/mol. The zero-order valence-corrected chi connectivity index (χ0v) is 8.80. The molecule has 0 aliphatic carbocycles. The fourth-order valence-electron chi connectivity index (χ4n) is 1.37. The predicted molar refractivity (Wildman–Crippen MR) is 53.3 cm³/mol. The minimum Gasteiger partial charge on any atom is -0.210 e. The number of nitrogens with zero attached hydrogens (tertiary/aromatic N) is 1. The standard InChI is InChI=1S/C11H14F3N/c1-3-15(11(12,13)14)8-10-7-5-4-6-9(10)2/h4-7H,3,8H2,1-2H3. The molecule has 0 radical (unpaired) electrons. The lowest BCUT2D eigenvalue weighted by Gasteiger charge is -2.23. The van der Waals surface area contributed by atoms with E-state index in [0.717, 1.165) is 11.1 Å². The van der Waals surface area contributed by atoms with Gasteiger partial charge in [0, 0.05) is 13.1 Å². The maximum Gasteiger partial charge on any atom is 0.460 e. The first-order valence-corrected chi connectivity index (χ1v) is 4.81. The van der Waals surface area contributed by atoms with Crippen molar-refractivity contribution in [2.75, 3.05) is 6.54 Å².